The highest BCUT2D eigenvalue weighted by Crippen LogP contribution is 2.20. The molecule has 1 aromatic carbocycles. The van der Waals surface area contributed by atoms with Gasteiger partial charge in [-0.25, -0.2) is 8.78 Å². The van der Waals surface area contributed by atoms with Crippen LogP contribution in [0.1, 0.15) is 5.56 Å². The number of nitrogen functional groups attached to an aromatic ring is 1. The van der Waals surface area contributed by atoms with Gasteiger partial charge in [0, 0.05) is 11.8 Å². The van der Waals surface area contributed by atoms with E-state index in [1.807, 2.05) is 0 Å². The molecular formula is C7H5F2IN2. The molecule has 0 aliphatic heterocycles. The van der Waals surface area contributed by atoms with Gasteiger partial charge in [-0.05, 0) is 28.7 Å². The van der Waals surface area contributed by atoms with Crippen LogP contribution in [0.3, 0.4) is 0 Å². The molecule has 2 nitrogen and oxygen atoms in total. The molecule has 0 saturated heterocycles. The van der Waals surface area contributed by atoms with Crippen molar-refractivity contribution in [2.45, 2.75) is 0 Å². The van der Waals surface area contributed by atoms with E-state index in [9.17, 15) is 8.78 Å². The van der Waals surface area contributed by atoms with E-state index in [-0.39, 0.29) is 15.0 Å². The summed E-state index contributed by atoms with van der Waals surface area (Å²) in [5.41, 5.74) is 5.20. The van der Waals surface area contributed by atoms with E-state index in [0.717, 1.165) is 6.07 Å². The first-order chi connectivity index (χ1) is 5.52. The molecule has 0 aromatic heterocycles. The quantitative estimate of drug-likeness (QED) is 0.463. The van der Waals surface area contributed by atoms with Crippen LogP contribution in [0.25, 0.3) is 0 Å². The Hall–Kier alpha value is -0.720. The number of nitrogens with two attached hydrogens (primary N) is 1. The third kappa shape index (κ3) is 1.71. The fraction of sp³-hybridized carbons (Fsp3) is 0. The molecule has 0 aliphatic carbocycles. The molecule has 3 N–H and O–H groups in total. The number of rotatable bonds is 1. The van der Waals surface area contributed by atoms with Crippen molar-refractivity contribution >= 4 is 32.0 Å². The maximum absolute atomic E-state index is 12.9. The summed E-state index contributed by atoms with van der Waals surface area (Å²) in [6.45, 7) is 0. The molecule has 0 heterocycles. The molecule has 0 amide bonds. The van der Waals surface area contributed by atoms with Crippen molar-refractivity contribution in [1.29, 1.82) is 5.41 Å². The number of anilines is 1. The Morgan fingerprint density at radius 2 is 2.00 bits per heavy atom. The summed E-state index contributed by atoms with van der Waals surface area (Å²) in [7, 11) is 0. The fourth-order valence-electron chi connectivity index (χ4n) is 0.825. The van der Waals surface area contributed by atoms with Crippen molar-refractivity contribution < 1.29 is 8.78 Å². The summed E-state index contributed by atoms with van der Waals surface area (Å²) in [4.78, 5) is 0. The van der Waals surface area contributed by atoms with Crippen LogP contribution in [0, 0.1) is 17.0 Å². The van der Waals surface area contributed by atoms with E-state index in [0.29, 0.717) is 6.07 Å². The summed E-state index contributed by atoms with van der Waals surface area (Å²) < 4.78 is 25.3. The minimum absolute atomic E-state index is 0.0393. The largest absolute Gasteiger partial charge is 0.398 e. The summed E-state index contributed by atoms with van der Waals surface area (Å²) >= 11 is 1.61. The zero-order valence-corrected chi connectivity index (χ0v) is 8.02. The standard InChI is InChI=1S/C7H5F2IN2/c8-3-1-4(9)6(7(10)12)5(11)2-3/h1-2,12H,11H2. The van der Waals surface area contributed by atoms with Crippen molar-refractivity contribution in [3.05, 3.63) is 29.3 Å². The molecule has 0 spiro atoms. The molecule has 64 valence electrons. The Balaban J connectivity index is 3.38. The van der Waals surface area contributed by atoms with E-state index in [4.69, 9.17) is 11.1 Å². The lowest BCUT2D eigenvalue weighted by molar-refractivity contribution is 0.583. The SMILES string of the molecule is N=C(I)c1c(N)cc(F)cc1F. The molecule has 0 fully saturated rings. The first kappa shape index (κ1) is 9.37. The van der Waals surface area contributed by atoms with E-state index in [1.54, 1.807) is 22.6 Å². The second-order valence-corrected chi connectivity index (χ2v) is 3.24. The number of halogens is 3. The lowest BCUT2D eigenvalue weighted by Crippen LogP contribution is -2.01. The summed E-state index contributed by atoms with van der Waals surface area (Å²) in [6.07, 6.45) is 0. The van der Waals surface area contributed by atoms with Crippen molar-refractivity contribution in [1.82, 2.24) is 0 Å². The van der Waals surface area contributed by atoms with Gasteiger partial charge in [0.05, 0.1) is 5.56 Å². The molecule has 0 bridgehead atoms. The van der Waals surface area contributed by atoms with Gasteiger partial charge in [-0.3, -0.25) is 5.41 Å². The summed E-state index contributed by atoms with van der Waals surface area (Å²) in [6, 6.07) is 1.70. The Bertz CT molecular complexity index is 315. The van der Waals surface area contributed by atoms with Gasteiger partial charge in [-0.1, -0.05) is 0 Å². The third-order valence-electron chi connectivity index (χ3n) is 1.30. The molecule has 1 aromatic rings. The molecule has 5 heteroatoms. The van der Waals surface area contributed by atoms with Crippen LogP contribution in [0.15, 0.2) is 12.1 Å². The molecule has 0 radical (unpaired) electrons. The predicted octanol–water partition coefficient (Wildman–Crippen LogP) is 2.31. The molecule has 0 unspecified atom stereocenters. The molecular weight excluding hydrogens is 277 g/mol. The van der Waals surface area contributed by atoms with Gasteiger partial charge in [0.1, 0.15) is 15.4 Å². The molecule has 0 atom stereocenters. The molecule has 1 rings (SSSR count). The van der Waals surface area contributed by atoms with Gasteiger partial charge in [-0.15, -0.1) is 0 Å². The fourth-order valence-corrected chi connectivity index (χ4v) is 1.39. The van der Waals surface area contributed by atoms with Crippen molar-refractivity contribution in [3.63, 3.8) is 0 Å². The first-order valence-corrected chi connectivity index (χ1v) is 4.09. The third-order valence-corrected chi connectivity index (χ3v) is 1.84. The van der Waals surface area contributed by atoms with Gasteiger partial charge >= 0.3 is 0 Å². The summed E-state index contributed by atoms with van der Waals surface area (Å²) in [5.74, 6) is -1.53. The number of hydrogen-bond donors (Lipinski definition) is 2. The van der Waals surface area contributed by atoms with Crippen LogP contribution in [-0.4, -0.2) is 3.72 Å². The maximum Gasteiger partial charge on any atom is 0.138 e. The van der Waals surface area contributed by atoms with Crippen LogP contribution in [0.2, 0.25) is 0 Å². The highest BCUT2D eigenvalue weighted by molar-refractivity contribution is 14.1. The van der Waals surface area contributed by atoms with Gasteiger partial charge in [-0.2, -0.15) is 0 Å². The van der Waals surface area contributed by atoms with Crippen molar-refractivity contribution in [3.8, 4) is 0 Å². The Labute approximate surface area is 81.4 Å². The van der Waals surface area contributed by atoms with Crippen LogP contribution >= 0.6 is 22.6 Å². The van der Waals surface area contributed by atoms with Crippen molar-refractivity contribution in [2.75, 3.05) is 5.73 Å². The minimum Gasteiger partial charge on any atom is -0.398 e. The van der Waals surface area contributed by atoms with Crippen molar-refractivity contribution in [2.24, 2.45) is 0 Å². The average molecular weight is 282 g/mol. The van der Waals surface area contributed by atoms with Crippen LogP contribution in [-0.2, 0) is 0 Å². The first-order valence-electron chi connectivity index (χ1n) is 3.01. The highest BCUT2D eigenvalue weighted by atomic mass is 127. The second kappa shape index (κ2) is 3.34. The van der Waals surface area contributed by atoms with Crippen LogP contribution in [0.5, 0.6) is 0 Å². The van der Waals surface area contributed by atoms with Gasteiger partial charge in [0.15, 0.2) is 0 Å². The average Bonchev–Trinajstić information content (AvgIpc) is 1.82. The van der Waals surface area contributed by atoms with Crippen LogP contribution in [0.4, 0.5) is 14.5 Å². The topological polar surface area (TPSA) is 49.9 Å². The van der Waals surface area contributed by atoms with Crippen LogP contribution < -0.4 is 5.73 Å². The zero-order chi connectivity index (χ0) is 9.30. The minimum atomic E-state index is -0.799. The van der Waals surface area contributed by atoms with E-state index in [2.05, 4.69) is 0 Å². The Morgan fingerprint density at radius 3 is 2.42 bits per heavy atom. The number of nitrogens with one attached hydrogen (secondary N) is 1. The Morgan fingerprint density at radius 1 is 1.42 bits per heavy atom. The molecule has 12 heavy (non-hydrogen) atoms. The number of benzene rings is 1. The molecule has 0 saturated carbocycles. The predicted molar refractivity (Wildman–Crippen MR) is 51.6 cm³/mol. The van der Waals surface area contributed by atoms with Gasteiger partial charge < -0.3 is 5.73 Å². The highest BCUT2D eigenvalue weighted by Gasteiger charge is 2.11. The van der Waals surface area contributed by atoms with E-state index in [1.165, 1.54) is 0 Å². The normalized spacial score (nSPS) is 9.92. The summed E-state index contributed by atoms with van der Waals surface area (Å²) in [5, 5.41) is 7.13. The Kier molecular flexibility index (Phi) is 2.61. The maximum atomic E-state index is 12.9. The monoisotopic (exact) mass is 282 g/mol. The van der Waals surface area contributed by atoms with Gasteiger partial charge in [0.25, 0.3) is 0 Å². The second-order valence-electron chi connectivity index (χ2n) is 2.17. The lowest BCUT2D eigenvalue weighted by atomic mass is 10.2. The van der Waals surface area contributed by atoms with Gasteiger partial charge in [0.2, 0.25) is 0 Å². The van der Waals surface area contributed by atoms with E-state index < -0.39 is 11.6 Å². The number of hydrogen-bond acceptors (Lipinski definition) is 2. The molecule has 0 aliphatic rings. The van der Waals surface area contributed by atoms with E-state index >= 15 is 0 Å². The smallest absolute Gasteiger partial charge is 0.138 e. The zero-order valence-electron chi connectivity index (χ0n) is 5.87. The lowest BCUT2D eigenvalue weighted by Gasteiger charge is -2.03.